The van der Waals surface area contributed by atoms with Gasteiger partial charge in [0.15, 0.2) is 6.04 Å². The predicted octanol–water partition coefficient (Wildman–Crippen LogP) is 3.73. The second kappa shape index (κ2) is 4.89. The summed E-state index contributed by atoms with van der Waals surface area (Å²) in [6.07, 6.45) is 0.948. The number of anilines is 2. The average Bonchev–Trinajstić information content (AvgIpc) is 2.79. The molecule has 20 heavy (non-hydrogen) atoms. The first-order valence-corrected chi connectivity index (χ1v) is 6.60. The molecule has 1 heterocycles. The third-order valence-corrected chi connectivity index (χ3v) is 3.63. The van der Waals surface area contributed by atoms with E-state index in [1.807, 2.05) is 42.5 Å². The predicted molar refractivity (Wildman–Crippen MR) is 77.9 cm³/mol. The highest BCUT2D eigenvalue weighted by atomic mass is 16.3. The van der Waals surface area contributed by atoms with Crippen LogP contribution in [0.5, 0.6) is 0 Å². The molecule has 0 bridgehead atoms. The number of benzene rings is 2. The SMILES string of the molecule is CCc1ccc(N2C(=O)C(N=O)c3ccccc32)cc1. The fourth-order valence-electron chi connectivity index (χ4n) is 2.55. The second-order valence-electron chi connectivity index (χ2n) is 4.76. The Kier molecular flexibility index (Phi) is 3.06. The summed E-state index contributed by atoms with van der Waals surface area (Å²) in [5, 5.41) is 2.98. The van der Waals surface area contributed by atoms with Crippen molar-refractivity contribution in [3.63, 3.8) is 0 Å². The highest BCUT2D eigenvalue weighted by Gasteiger charge is 2.38. The third kappa shape index (κ3) is 1.81. The first-order valence-electron chi connectivity index (χ1n) is 6.60. The Bertz CT molecular complexity index is 664. The number of carbonyl (C=O) groups excluding carboxylic acids is 1. The zero-order valence-corrected chi connectivity index (χ0v) is 11.1. The highest BCUT2D eigenvalue weighted by Crippen LogP contribution is 2.42. The van der Waals surface area contributed by atoms with Gasteiger partial charge in [-0.3, -0.25) is 9.69 Å². The van der Waals surface area contributed by atoms with Crippen LogP contribution in [-0.4, -0.2) is 5.91 Å². The number of amides is 1. The van der Waals surface area contributed by atoms with E-state index in [-0.39, 0.29) is 5.91 Å². The molecule has 0 spiro atoms. The van der Waals surface area contributed by atoms with Gasteiger partial charge >= 0.3 is 0 Å². The Hall–Kier alpha value is -2.49. The summed E-state index contributed by atoms with van der Waals surface area (Å²) < 4.78 is 0. The van der Waals surface area contributed by atoms with Crippen LogP contribution in [0.3, 0.4) is 0 Å². The maximum atomic E-state index is 12.4. The van der Waals surface area contributed by atoms with Crippen molar-refractivity contribution in [1.29, 1.82) is 0 Å². The van der Waals surface area contributed by atoms with Gasteiger partial charge in [0.25, 0.3) is 5.91 Å². The van der Waals surface area contributed by atoms with Crippen molar-refractivity contribution in [2.75, 3.05) is 4.90 Å². The lowest BCUT2D eigenvalue weighted by Gasteiger charge is -2.17. The molecule has 1 aliphatic heterocycles. The molecule has 100 valence electrons. The van der Waals surface area contributed by atoms with Crippen molar-refractivity contribution >= 4 is 17.3 Å². The summed E-state index contributed by atoms with van der Waals surface area (Å²) in [4.78, 5) is 24.9. The number of carbonyl (C=O) groups is 1. The Balaban J connectivity index is 2.09. The molecule has 1 aliphatic rings. The Morgan fingerprint density at radius 2 is 1.80 bits per heavy atom. The van der Waals surface area contributed by atoms with Crippen LogP contribution in [0.4, 0.5) is 11.4 Å². The molecular formula is C16H14N2O2. The molecule has 1 atom stereocenters. The first-order chi connectivity index (χ1) is 9.76. The molecule has 4 nitrogen and oxygen atoms in total. The standard InChI is InChI=1S/C16H14N2O2/c1-2-11-7-9-12(10-8-11)18-14-6-4-3-5-13(14)15(17-20)16(18)19/h3-10,15H,2H2,1H3. The fraction of sp³-hybridized carbons (Fsp3) is 0.188. The van der Waals surface area contributed by atoms with Crippen LogP contribution in [0.2, 0.25) is 0 Å². The van der Waals surface area contributed by atoms with Crippen molar-refractivity contribution in [3.8, 4) is 0 Å². The topological polar surface area (TPSA) is 49.7 Å². The van der Waals surface area contributed by atoms with E-state index in [1.165, 1.54) is 5.56 Å². The van der Waals surface area contributed by atoms with Crippen molar-refractivity contribution in [2.45, 2.75) is 19.4 Å². The Labute approximate surface area is 117 Å². The van der Waals surface area contributed by atoms with Crippen molar-refractivity contribution in [1.82, 2.24) is 0 Å². The highest BCUT2D eigenvalue weighted by molar-refractivity contribution is 6.10. The molecule has 4 heteroatoms. The summed E-state index contributed by atoms with van der Waals surface area (Å²) in [5.74, 6) is -0.287. The van der Waals surface area contributed by atoms with Gasteiger partial charge in [-0.1, -0.05) is 42.4 Å². The van der Waals surface area contributed by atoms with Crippen LogP contribution >= 0.6 is 0 Å². The number of fused-ring (bicyclic) bond motifs is 1. The number of nitroso groups, excluding NO2 is 1. The number of nitrogens with zero attached hydrogens (tertiary/aromatic N) is 2. The van der Waals surface area contributed by atoms with Gasteiger partial charge in [0.2, 0.25) is 0 Å². The van der Waals surface area contributed by atoms with Gasteiger partial charge < -0.3 is 0 Å². The van der Waals surface area contributed by atoms with Gasteiger partial charge in [0.05, 0.1) is 5.69 Å². The first kappa shape index (κ1) is 12.5. The van der Waals surface area contributed by atoms with Crippen LogP contribution in [-0.2, 0) is 11.2 Å². The molecule has 2 aromatic carbocycles. The fourth-order valence-corrected chi connectivity index (χ4v) is 2.55. The molecule has 0 aliphatic carbocycles. The summed E-state index contributed by atoms with van der Waals surface area (Å²) in [5.41, 5.74) is 3.39. The number of rotatable bonds is 3. The molecule has 2 aromatic rings. The van der Waals surface area contributed by atoms with E-state index in [9.17, 15) is 9.70 Å². The van der Waals surface area contributed by atoms with Gasteiger partial charge in [-0.05, 0) is 30.2 Å². The molecule has 0 radical (unpaired) electrons. The maximum absolute atomic E-state index is 12.4. The minimum atomic E-state index is -0.933. The van der Waals surface area contributed by atoms with Gasteiger partial charge in [-0.2, -0.15) is 0 Å². The van der Waals surface area contributed by atoms with Gasteiger partial charge in [0.1, 0.15) is 0 Å². The summed E-state index contributed by atoms with van der Waals surface area (Å²) in [7, 11) is 0. The number of hydrogen-bond acceptors (Lipinski definition) is 3. The molecule has 1 unspecified atom stereocenters. The van der Waals surface area contributed by atoms with E-state index < -0.39 is 6.04 Å². The van der Waals surface area contributed by atoms with Crippen LogP contribution in [0.1, 0.15) is 24.1 Å². The summed E-state index contributed by atoms with van der Waals surface area (Å²) >= 11 is 0. The summed E-state index contributed by atoms with van der Waals surface area (Å²) in [6, 6.07) is 14.1. The monoisotopic (exact) mass is 266 g/mol. The van der Waals surface area contributed by atoms with E-state index in [0.29, 0.717) is 5.56 Å². The molecule has 3 rings (SSSR count). The lowest BCUT2D eigenvalue weighted by molar-refractivity contribution is -0.118. The van der Waals surface area contributed by atoms with E-state index in [2.05, 4.69) is 12.1 Å². The smallest absolute Gasteiger partial charge is 0.264 e. The molecule has 0 saturated heterocycles. The summed E-state index contributed by atoms with van der Waals surface area (Å²) in [6.45, 7) is 2.08. The average molecular weight is 266 g/mol. The largest absolute Gasteiger partial charge is 0.278 e. The van der Waals surface area contributed by atoms with E-state index in [0.717, 1.165) is 17.8 Å². The zero-order chi connectivity index (χ0) is 14.1. The van der Waals surface area contributed by atoms with Crippen LogP contribution < -0.4 is 4.90 Å². The molecule has 0 saturated carbocycles. The van der Waals surface area contributed by atoms with Gasteiger partial charge in [-0.25, -0.2) is 0 Å². The van der Waals surface area contributed by atoms with E-state index in [1.54, 1.807) is 11.0 Å². The minimum Gasteiger partial charge on any atom is -0.278 e. The molecule has 0 N–H and O–H groups in total. The third-order valence-electron chi connectivity index (χ3n) is 3.63. The molecule has 1 amide bonds. The second-order valence-corrected chi connectivity index (χ2v) is 4.76. The van der Waals surface area contributed by atoms with Crippen molar-refractivity contribution in [2.24, 2.45) is 5.18 Å². The van der Waals surface area contributed by atoms with E-state index >= 15 is 0 Å². The minimum absolute atomic E-state index is 0.287. The lowest BCUT2D eigenvalue weighted by Crippen LogP contribution is -2.22. The maximum Gasteiger partial charge on any atom is 0.264 e. The molecular weight excluding hydrogens is 252 g/mol. The Morgan fingerprint density at radius 1 is 1.10 bits per heavy atom. The zero-order valence-electron chi connectivity index (χ0n) is 11.1. The number of aryl methyl sites for hydroxylation is 1. The van der Waals surface area contributed by atoms with Gasteiger partial charge in [0, 0.05) is 11.3 Å². The van der Waals surface area contributed by atoms with Crippen molar-refractivity contribution < 1.29 is 4.79 Å². The molecule has 0 fully saturated rings. The van der Waals surface area contributed by atoms with Crippen LogP contribution in [0, 0.1) is 4.91 Å². The van der Waals surface area contributed by atoms with Crippen molar-refractivity contribution in [3.05, 3.63) is 64.6 Å². The van der Waals surface area contributed by atoms with Crippen LogP contribution in [0.25, 0.3) is 0 Å². The Morgan fingerprint density at radius 3 is 2.45 bits per heavy atom. The lowest BCUT2D eigenvalue weighted by atomic mass is 10.1. The van der Waals surface area contributed by atoms with Gasteiger partial charge in [-0.15, -0.1) is 4.91 Å². The van der Waals surface area contributed by atoms with E-state index in [4.69, 9.17) is 0 Å². The number of hydrogen-bond donors (Lipinski definition) is 0. The number of para-hydroxylation sites is 1. The molecule has 0 aromatic heterocycles. The quantitative estimate of drug-likeness (QED) is 0.795. The normalized spacial score (nSPS) is 17.1. The van der Waals surface area contributed by atoms with Crippen LogP contribution in [0.15, 0.2) is 53.7 Å².